The zero-order valence-electron chi connectivity index (χ0n) is 9.35. The summed E-state index contributed by atoms with van der Waals surface area (Å²) < 4.78 is -0.509. The molecule has 1 nitrogen and oxygen atoms in total. The molecule has 0 radical (unpaired) electrons. The third-order valence-electron chi connectivity index (χ3n) is 2.73. The van der Waals surface area contributed by atoms with Crippen LogP contribution in [0.5, 0.6) is 0 Å². The first kappa shape index (κ1) is 14.1. The van der Waals surface area contributed by atoms with Gasteiger partial charge in [-0.2, -0.15) is 0 Å². The first-order valence-electron chi connectivity index (χ1n) is 5.41. The molecule has 18 heavy (non-hydrogen) atoms. The summed E-state index contributed by atoms with van der Waals surface area (Å²) >= 11 is 13.8. The minimum Gasteiger partial charge on any atom is -0.382 e. The fourth-order valence-corrected chi connectivity index (χ4v) is 2.93. The van der Waals surface area contributed by atoms with Crippen molar-refractivity contribution in [2.75, 3.05) is 0 Å². The van der Waals surface area contributed by atoms with Crippen molar-refractivity contribution >= 4 is 45.8 Å². The number of hydrogen-bond donors (Lipinski definition) is 1. The largest absolute Gasteiger partial charge is 0.382 e. The van der Waals surface area contributed by atoms with Gasteiger partial charge < -0.3 is 5.11 Å². The molecule has 0 aromatic heterocycles. The topological polar surface area (TPSA) is 20.2 Å². The highest BCUT2D eigenvalue weighted by molar-refractivity contribution is 14.1. The van der Waals surface area contributed by atoms with E-state index in [0.717, 1.165) is 11.1 Å². The molecule has 0 saturated carbocycles. The van der Waals surface area contributed by atoms with Crippen LogP contribution in [-0.4, -0.2) is 9.22 Å². The normalized spacial score (nSPS) is 12.7. The Labute approximate surface area is 130 Å². The molecule has 94 valence electrons. The lowest BCUT2D eigenvalue weighted by Crippen LogP contribution is -2.13. The molecule has 0 amide bonds. The van der Waals surface area contributed by atoms with Crippen LogP contribution in [0, 0.1) is 0 Å². The summed E-state index contributed by atoms with van der Waals surface area (Å²) in [7, 11) is 0. The molecule has 2 aromatic carbocycles. The van der Waals surface area contributed by atoms with Gasteiger partial charge in [0.05, 0.1) is 0 Å². The maximum Gasteiger partial charge on any atom is 0.116 e. The van der Waals surface area contributed by atoms with Gasteiger partial charge in [-0.3, -0.25) is 0 Å². The van der Waals surface area contributed by atoms with Crippen molar-refractivity contribution in [1.82, 2.24) is 0 Å². The number of alkyl halides is 1. The predicted octanol–water partition coefficient (Wildman–Crippen LogP) is 4.88. The molecular weight excluding hydrogens is 382 g/mol. The van der Waals surface area contributed by atoms with Crippen molar-refractivity contribution in [1.29, 1.82) is 0 Å². The second-order valence-corrected chi connectivity index (χ2v) is 6.10. The van der Waals surface area contributed by atoms with Crippen LogP contribution < -0.4 is 0 Å². The van der Waals surface area contributed by atoms with Gasteiger partial charge in [0.2, 0.25) is 0 Å². The second kappa shape index (κ2) is 6.24. The molecule has 0 heterocycles. The highest BCUT2D eigenvalue weighted by atomic mass is 127. The molecule has 0 aliphatic carbocycles. The Morgan fingerprint density at radius 2 is 1.11 bits per heavy atom. The Kier molecular flexibility index (Phi) is 4.90. The fraction of sp³-hybridized carbons (Fsp3) is 0.143. The van der Waals surface area contributed by atoms with Crippen molar-refractivity contribution in [3.05, 3.63) is 69.7 Å². The molecule has 2 aromatic rings. The van der Waals surface area contributed by atoms with Gasteiger partial charge >= 0.3 is 0 Å². The van der Waals surface area contributed by atoms with Crippen molar-refractivity contribution in [2.24, 2.45) is 0 Å². The standard InChI is InChI=1S/C14H11Cl2IO/c15-11-5-1-9(2-6-11)13(14(17)18)10-3-7-12(16)8-4-10/h1-8,13-14,18H. The first-order valence-corrected chi connectivity index (χ1v) is 7.41. The molecule has 1 unspecified atom stereocenters. The molecule has 0 spiro atoms. The smallest absolute Gasteiger partial charge is 0.116 e. The zero-order valence-corrected chi connectivity index (χ0v) is 13.0. The molecule has 1 N–H and O–H groups in total. The zero-order chi connectivity index (χ0) is 13.1. The summed E-state index contributed by atoms with van der Waals surface area (Å²) in [5.74, 6) is -0.0832. The first-order chi connectivity index (χ1) is 8.58. The number of aliphatic hydroxyl groups excluding tert-OH is 1. The van der Waals surface area contributed by atoms with Gasteiger partial charge in [0.15, 0.2) is 0 Å². The average Bonchev–Trinajstić information content (AvgIpc) is 2.34. The molecule has 1 atom stereocenters. The van der Waals surface area contributed by atoms with Crippen LogP contribution >= 0.6 is 45.8 Å². The minimum atomic E-state index is -0.509. The second-order valence-electron chi connectivity index (χ2n) is 3.95. The third kappa shape index (κ3) is 3.38. The molecule has 0 fully saturated rings. The Bertz CT molecular complexity index is 463. The summed E-state index contributed by atoms with van der Waals surface area (Å²) in [6.45, 7) is 0. The van der Waals surface area contributed by atoms with E-state index >= 15 is 0 Å². The monoisotopic (exact) mass is 392 g/mol. The van der Waals surface area contributed by atoms with E-state index < -0.39 is 4.11 Å². The number of halogens is 3. The van der Waals surface area contributed by atoms with Crippen molar-refractivity contribution in [3.8, 4) is 0 Å². The van der Waals surface area contributed by atoms with Crippen molar-refractivity contribution < 1.29 is 5.11 Å². The predicted molar refractivity (Wildman–Crippen MR) is 84.8 cm³/mol. The quantitative estimate of drug-likeness (QED) is 0.583. The average molecular weight is 393 g/mol. The highest BCUT2D eigenvalue weighted by Gasteiger charge is 2.20. The molecule has 0 bridgehead atoms. The lowest BCUT2D eigenvalue weighted by atomic mass is 9.92. The molecule has 4 heteroatoms. The van der Waals surface area contributed by atoms with E-state index in [0.29, 0.717) is 10.0 Å². The lowest BCUT2D eigenvalue weighted by Gasteiger charge is -2.20. The summed E-state index contributed by atoms with van der Waals surface area (Å²) in [6, 6.07) is 15.1. The lowest BCUT2D eigenvalue weighted by molar-refractivity contribution is 0.261. The van der Waals surface area contributed by atoms with Crippen LogP contribution in [0.1, 0.15) is 17.0 Å². The third-order valence-corrected chi connectivity index (χ3v) is 3.96. The fourth-order valence-electron chi connectivity index (χ4n) is 1.85. The van der Waals surface area contributed by atoms with Crippen LogP contribution in [0.25, 0.3) is 0 Å². The van der Waals surface area contributed by atoms with Gasteiger partial charge in [-0.05, 0) is 35.4 Å². The van der Waals surface area contributed by atoms with Gasteiger partial charge in [-0.25, -0.2) is 0 Å². The van der Waals surface area contributed by atoms with E-state index in [-0.39, 0.29) is 5.92 Å². The Hall–Kier alpha value is -0.290. The minimum absolute atomic E-state index is 0.0832. The van der Waals surface area contributed by atoms with Crippen molar-refractivity contribution in [3.63, 3.8) is 0 Å². The van der Waals surface area contributed by atoms with E-state index in [1.807, 2.05) is 71.1 Å². The van der Waals surface area contributed by atoms with E-state index in [1.54, 1.807) is 0 Å². The number of hydrogen-bond acceptors (Lipinski definition) is 1. The highest BCUT2D eigenvalue weighted by Crippen LogP contribution is 2.32. The van der Waals surface area contributed by atoms with Crippen molar-refractivity contribution in [2.45, 2.75) is 10.0 Å². The molecule has 0 saturated heterocycles. The van der Waals surface area contributed by atoms with E-state index in [4.69, 9.17) is 23.2 Å². The summed E-state index contributed by atoms with van der Waals surface area (Å²) in [4.78, 5) is 0. The van der Waals surface area contributed by atoms with E-state index in [1.165, 1.54) is 0 Å². The van der Waals surface area contributed by atoms with Gasteiger partial charge in [-0.15, -0.1) is 0 Å². The van der Waals surface area contributed by atoms with E-state index in [2.05, 4.69) is 0 Å². The molecule has 2 rings (SSSR count). The Morgan fingerprint density at radius 1 is 0.778 bits per heavy atom. The molecular formula is C14H11Cl2IO. The Balaban J connectivity index is 2.39. The van der Waals surface area contributed by atoms with Gasteiger partial charge in [0.1, 0.15) is 4.11 Å². The van der Waals surface area contributed by atoms with E-state index in [9.17, 15) is 5.11 Å². The van der Waals surface area contributed by atoms with Crippen LogP contribution in [0.4, 0.5) is 0 Å². The number of benzene rings is 2. The number of rotatable bonds is 3. The summed E-state index contributed by atoms with van der Waals surface area (Å²) in [6.07, 6.45) is 0. The number of aliphatic hydroxyl groups is 1. The molecule has 0 aliphatic rings. The van der Waals surface area contributed by atoms with Gasteiger partial charge in [-0.1, -0.05) is 70.1 Å². The molecule has 0 aliphatic heterocycles. The van der Waals surface area contributed by atoms with Gasteiger partial charge in [0, 0.05) is 16.0 Å². The summed E-state index contributed by atoms with van der Waals surface area (Å²) in [5, 5.41) is 11.4. The maximum atomic E-state index is 9.98. The van der Waals surface area contributed by atoms with Crippen LogP contribution in [0.3, 0.4) is 0 Å². The maximum absolute atomic E-state index is 9.98. The Morgan fingerprint density at radius 3 is 1.39 bits per heavy atom. The van der Waals surface area contributed by atoms with Gasteiger partial charge in [0.25, 0.3) is 0 Å². The van der Waals surface area contributed by atoms with Crippen LogP contribution in [0.2, 0.25) is 10.0 Å². The van der Waals surface area contributed by atoms with Crippen LogP contribution in [-0.2, 0) is 0 Å². The van der Waals surface area contributed by atoms with Crippen LogP contribution in [0.15, 0.2) is 48.5 Å². The SMILES string of the molecule is OC(I)C(c1ccc(Cl)cc1)c1ccc(Cl)cc1. The summed E-state index contributed by atoms with van der Waals surface area (Å²) in [5.41, 5.74) is 2.06.